The fourth-order valence-electron chi connectivity index (χ4n) is 3.87. The lowest BCUT2D eigenvalue weighted by Crippen LogP contribution is -2.31. The molecule has 0 aliphatic carbocycles. The maximum absolute atomic E-state index is 13.0. The SMILES string of the molecule is COC(=O)C(COP(=O)(CC=O)OCc1ccccc1)OCCC(C)CCCC(C)CCCC(C)C. The van der Waals surface area contributed by atoms with Gasteiger partial charge < -0.3 is 23.3 Å². The molecule has 1 aromatic rings. The summed E-state index contributed by atoms with van der Waals surface area (Å²) in [6.07, 6.45) is 7.27. The van der Waals surface area contributed by atoms with Crippen molar-refractivity contribution in [1.29, 1.82) is 0 Å². The van der Waals surface area contributed by atoms with Crippen molar-refractivity contribution in [1.82, 2.24) is 0 Å². The van der Waals surface area contributed by atoms with Gasteiger partial charge in [0.15, 0.2) is 6.10 Å². The van der Waals surface area contributed by atoms with Gasteiger partial charge in [-0.05, 0) is 29.7 Å². The molecule has 0 saturated heterocycles. The Balaban J connectivity index is 2.43. The lowest BCUT2D eigenvalue weighted by molar-refractivity contribution is -0.156. The normalized spacial score (nSPS) is 15.7. The lowest BCUT2D eigenvalue weighted by Gasteiger charge is -2.21. The molecule has 0 bridgehead atoms. The standard InChI is InChI=1S/C28H47O7P/c1-23(2)11-9-12-24(3)13-10-14-25(4)17-19-33-27(28(30)32-5)22-35-36(31,20-18-29)34-21-26-15-7-6-8-16-26/h6-8,15-16,18,23-25,27H,9-14,17,19-22H2,1-5H3. The van der Waals surface area contributed by atoms with Crippen LogP contribution in [-0.4, -0.2) is 44.8 Å². The molecule has 0 aliphatic rings. The second-order valence-corrected chi connectivity index (χ2v) is 12.3. The predicted molar refractivity (Wildman–Crippen MR) is 143 cm³/mol. The molecule has 0 spiro atoms. The number of benzene rings is 1. The third-order valence-electron chi connectivity index (χ3n) is 6.26. The number of esters is 1. The van der Waals surface area contributed by atoms with Crippen molar-refractivity contribution >= 4 is 19.9 Å². The van der Waals surface area contributed by atoms with Crippen molar-refractivity contribution in [3.63, 3.8) is 0 Å². The fraction of sp³-hybridized carbons (Fsp3) is 0.714. The summed E-state index contributed by atoms with van der Waals surface area (Å²) in [5.74, 6) is 1.37. The number of hydrogen-bond acceptors (Lipinski definition) is 7. The zero-order valence-electron chi connectivity index (χ0n) is 22.9. The maximum Gasteiger partial charge on any atom is 0.338 e. The van der Waals surface area contributed by atoms with Crippen LogP contribution in [0.25, 0.3) is 0 Å². The summed E-state index contributed by atoms with van der Waals surface area (Å²) in [6, 6.07) is 9.17. The first-order valence-electron chi connectivity index (χ1n) is 13.2. The van der Waals surface area contributed by atoms with Gasteiger partial charge in [0.2, 0.25) is 0 Å². The van der Waals surface area contributed by atoms with Crippen LogP contribution in [0.5, 0.6) is 0 Å². The molecule has 0 aliphatic heterocycles. The van der Waals surface area contributed by atoms with E-state index in [4.69, 9.17) is 18.5 Å². The molecule has 0 amide bonds. The predicted octanol–water partition coefficient (Wildman–Crippen LogP) is 6.83. The second kappa shape index (κ2) is 18.7. The Morgan fingerprint density at radius 2 is 1.53 bits per heavy atom. The smallest absolute Gasteiger partial charge is 0.338 e. The number of hydrogen-bond donors (Lipinski definition) is 0. The summed E-state index contributed by atoms with van der Waals surface area (Å²) in [5, 5.41) is 0. The minimum Gasteiger partial charge on any atom is -0.467 e. The molecular weight excluding hydrogens is 479 g/mol. The highest BCUT2D eigenvalue weighted by atomic mass is 31.2. The van der Waals surface area contributed by atoms with Crippen molar-refractivity contribution in [3.05, 3.63) is 35.9 Å². The van der Waals surface area contributed by atoms with Crippen molar-refractivity contribution in [3.8, 4) is 0 Å². The third kappa shape index (κ3) is 14.9. The average molecular weight is 527 g/mol. The maximum atomic E-state index is 13.0. The van der Waals surface area contributed by atoms with Gasteiger partial charge in [0.05, 0.1) is 20.3 Å². The molecule has 0 N–H and O–H groups in total. The number of carbonyl (C=O) groups is 2. The van der Waals surface area contributed by atoms with Crippen LogP contribution >= 0.6 is 7.60 Å². The monoisotopic (exact) mass is 526 g/mol. The quantitative estimate of drug-likeness (QED) is 0.0985. The number of methoxy groups -OCH3 is 1. The first kappa shape index (κ1) is 32.5. The van der Waals surface area contributed by atoms with Gasteiger partial charge >= 0.3 is 13.6 Å². The third-order valence-corrected chi connectivity index (χ3v) is 7.92. The Kier molecular flexibility index (Phi) is 16.9. The van der Waals surface area contributed by atoms with Crippen LogP contribution in [0.3, 0.4) is 0 Å². The van der Waals surface area contributed by atoms with E-state index < -0.39 is 25.8 Å². The molecule has 0 aromatic heterocycles. The average Bonchev–Trinajstić information content (AvgIpc) is 2.85. The molecular formula is C28H47O7P. The molecule has 0 heterocycles. The Bertz CT molecular complexity index is 768. The van der Waals surface area contributed by atoms with Crippen LogP contribution in [0.2, 0.25) is 0 Å². The molecule has 4 atom stereocenters. The number of ether oxygens (including phenoxy) is 2. The first-order chi connectivity index (χ1) is 17.2. The molecule has 0 fully saturated rings. The van der Waals surface area contributed by atoms with Crippen LogP contribution in [0.1, 0.15) is 78.2 Å². The Morgan fingerprint density at radius 3 is 2.11 bits per heavy atom. The molecule has 0 saturated carbocycles. The van der Waals surface area contributed by atoms with Gasteiger partial charge in [-0.1, -0.05) is 96.6 Å². The van der Waals surface area contributed by atoms with Gasteiger partial charge in [0.25, 0.3) is 0 Å². The van der Waals surface area contributed by atoms with Crippen LogP contribution in [0.15, 0.2) is 30.3 Å². The van der Waals surface area contributed by atoms with E-state index in [1.54, 1.807) is 0 Å². The lowest BCUT2D eigenvalue weighted by atomic mass is 9.93. The van der Waals surface area contributed by atoms with E-state index in [1.165, 1.54) is 39.2 Å². The Labute approximate surface area is 218 Å². The molecule has 7 nitrogen and oxygen atoms in total. The highest BCUT2D eigenvalue weighted by Gasteiger charge is 2.29. The minimum atomic E-state index is -3.73. The summed E-state index contributed by atoms with van der Waals surface area (Å²) in [5.41, 5.74) is 0.798. The van der Waals surface area contributed by atoms with Gasteiger partial charge in [-0.2, -0.15) is 0 Å². The summed E-state index contributed by atoms with van der Waals surface area (Å²) < 4.78 is 34.4. The van der Waals surface area contributed by atoms with Gasteiger partial charge in [-0.15, -0.1) is 0 Å². The van der Waals surface area contributed by atoms with Crippen molar-refractivity contribution in [2.75, 3.05) is 26.5 Å². The molecule has 1 aromatic carbocycles. The van der Waals surface area contributed by atoms with E-state index in [0.717, 1.165) is 30.2 Å². The highest BCUT2D eigenvalue weighted by Crippen LogP contribution is 2.48. The van der Waals surface area contributed by atoms with E-state index in [0.29, 0.717) is 18.8 Å². The number of rotatable bonds is 21. The van der Waals surface area contributed by atoms with Gasteiger partial charge in [-0.25, -0.2) is 4.79 Å². The zero-order valence-corrected chi connectivity index (χ0v) is 23.8. The Morgan fingerprint density at radius 1 is 0.917 bits per heavy atom. The van der Waals surface area contributed by atoms with E-state index in [-0.39, 0.29) is 13.2 Å². The molecule has 0 radical (unpaired) electrons. The van der Waals surface area contributed by atoms with Crippen molar-refractivity contribution in [2.45, 2.75) is 85.4 Å². The number of carbonyl (C=O) groups excluding carboxylic acids is 2. The molecule has 8 heteroatoms. The van der Waals surface area contributed by atoms with E-state index in [1.807, 2.05) is 30.3 Å². The van der Waals surface area contributed by atoms with Gasteiger partial charge in [-0.3, -0.25) is 4.57 Å². The molecule has 36 heavy (non-hydrogen) atoms. The second-order valence-electron chi connectivity index (χ2n) is 10.2. The number of aldehydes is 1. The van der Waals surface area contributed by atoms with Gasteiger partial charge in [0, 0.05) is 6.61 Å². The van der Waals surface area contributed by atoms with Crippen LogP contribution in [-0.2, 0) is 39.3 Å². The molecule has 206 valence electrons. The summed E-state index contributed by atoms with van der Waals surface area (Å²) in [4.78, 5) is 23.3. The summed E-state index contributed by atoms with van der Waals surface area (Å²) in [7, 11) is -2.47. The zero-order chi connectivity index (χ0) is 26.8. The van der Waals surface area contributed by atoms with Gasteiger partial charge in [0.1, 0.15) is 12.4 Å². The highest BCUT2D eigenvalue weighted by molar-refractivity contribution is 7.54. The summed E-state index contributed by atoms with van der Waals surface area (Å²) >= 11 is 0. The van der Waals surface area contributed by atoms with E-state index >= 15 is 0 Å². The molecule has 4 unspecified atom stereocenters. The minimum absolute atomic E-state index is 0.0313. The van der Waals surface area contributed by atoms with Crippen LogP contribution in [0.4, 0.5) is 0 Å². The topological polar surface area (TPSA) is 88.1 Å². The van der Waals surface area contributed by atoms with E-state index in [2.05, 4.69) is 27.7 Å². The largest absolute Gasteiger partial charge is 0.467 e. The van der Waals surface area contributed by atoms with Crippen molar-refractivity contribution in [2.24, 2.45) is 17.8 Å². The first-order valence-corrected chi connectivity index (χ1v) is 15.0. The van der Waals surface area contributed by atoms with Crippen LogP contribution in [0, 0.1) is 17.8 Å². The van der Waals surface area contributed by atoms with Crippen LogP contribution < -0.4 is 0 Å². The Hall–Kier alpha value is -1.53. The van der Waals surface area contributed by atoms with E-state index in [9.17, 15) is 14.2 Å². The molecule has 1 rings (SSSR count). The van der Waals surface area contributed by atoms with Crippen molar-refractivity contribution < 1.29 is 32.7 Å². The summed E-state index contributed by atoms with van der Waals surface area (Å²) in [6.45, 7) is 9.15. The fourth-order valence-corrected chi connectivity index (χ4v) is 5.04.